The van der Waals surface area contributed by atoms with E-state index in [2.05, 4.69) is 430 Å². The summed E-state index contributed by atoms with van der Waals surface area (Å²) in [6.07, 6.45) is 14.2. The molecule has 546 valence electrons. The van der Waals surface area contributed by atoms with Crippen LogP contribution in [0.1, 0.15) is 81.2 Å². The molecule has 0 saturated heterocycles. The van der Waals surface area contributed by atoms with Gasteiger partial charge in [-0.15, -0.1) is 11.3 Å². The molecular weight excluding hydrogens is 1420 g/mol. The van der Waals surface area contributed by atoms with Crippen LogP contribution in [0, 0.1) is 11.8 Å². The van der Waals surface area contributed by atoms with Crippen LogP contribution in [-0.4, -0.2) is 0 Å². The van der Waals surface area contributed by atoms with Crippen LogP contribution in [0.4, 0.5) is 34.1 Å². The third-order valence-electron chi connectivity index (χ3n) is 26.8. The molecule has 4 heteroatoms. The van der Waals surface area contributed by atoms with Gasteiger partial charge in [0.15, 0.2) is 0 Å². The van der Waals surface area contributed by atoms with Gasteiger partial charge in [-0.1, -0.05) is 341 Å². The molecule has 16 aromatic carbocycles. The molecule has 2 aromatic heterocycles. The number of furan rings is 1. The van der Waals surface area contributed by atoms with E-state index in [9.17, 15) is 0 Å². The maximum atomic E-state index is 6.76. The normalized spacial score (nSPS) is 18.2. The molecule has 18 aromatic rings. The highest BCUT2D eigenvalue weighted by Gasteiger charge is 2.62. The Balaban J connectivity index is 0.620. The van der Waals surface area contributed by atoms with Crippen molar-refractivity contribution >= 4 is 82.7 Å². The fourth-order valence-corrected chi connectivity index (χ4v) is 23.3. The van der Waals surface area contributed by atoms with Crippen LogP contribution in [0.3, 0.4) is 0 Å². The second kappa shape index (κ2) is 25.6. The molecule has 6 aliphatic carbocycles. The predicted octanol–water partition coefficient (Wildman–Crippen LogP) is 29.9. The van der Waals surface area contributed by atoms with Crippen molar-refractivity contribution in [1.29, 1.82) is 0 Å². The number of nitrogens with zero attached hydrogens (tertiary/aromatic N) is 2. The van der Waals surface area contributed by atoms with Gasteiger partial charge in [0.1, 0.15) is 11.3 Å². The van der Waals surface area contributed by atoms with E-state index < -0.39 is 10.8 Å². The number of para-hydroxylation sites is 1. The van der Waals surface area contributed by atoms with Gasteiger partial charge in [-0.2, -0.15) is 0 Å². The second-order valence-corrected chi connectivity index (χ2v) is 33.6. The first kappa shape index (κ1) is 66.7. The number of anilines is 6. The summed E-state index contributed by atoms with van der Waals surface area (Å²) in [5.74, 6) is 1.48. The maximum absolute atomic E-state index is 6.76. The Labute approximate surface area is 679 Å². The second-order valence-electron chi connectivity index (χ2n) is 32.6. The first-order valence-electron chi connectivity index (χ1n) is 40.8. The zero-order chi connectivity index (χ0) is 76.5. The van der Waals surface area contributed by atoms with E-state index in [1.54, 1.807) is 0 Å². The number of fused-ring (bicyclic) bond motifs is 26. The summed E-state index contributed by atoms with van der Waals surface area (Å²) in [4.78, 5) is 5.05. The summed E-state index contributed by atoms with van der Waals surface area (Å²) in [5, 5.41) is 3.71. The largest absolute Gasteiger partial charge is 0.460 e. The Morgan fingerprint density at radius 1 is 0.353 bits per heavy atom. The molecule has 2 heterocycles. The molecule has 0 radical (unpaired) electrons. The Morgan fingerprint density at radius 2 is 0.871 bits per heavy atom. The minimum Gasteiger partial charge on any atom is -0.460 e. The Hall–Kier alpha value is -13.9. The highest BCUT2D eigenvalue weighted by Crippen LogP contribution is 2.70. The molecular formula is C112H76N2OS. The van der Waals surface area contributed by atoms with Crippen LogP contribution in [0.15, 0.2) is 405 Å². The van der Waals surface area contributed by atoms with Gasteiger partial charge in [0, 0.05) is 76.7 Å². The van der Waals surface area contributed by atoms with E-state index in [0.29, 0.717) is 0 Å². The summed E-state index contributed by atoms with van der Waals surface area (Å²) in [7, 11) is 0. The van der Waals surface area contributed by atoms with Crippen molar-refractivity contribution in [3.8, 4) is 77.9 Å². The lowest BCUT2D eigenvalue weighted by atomic mass is 9.61. The highest BCUT2D eigenvalue weighted by atomic mass is 32.1. The minimum atomic E-state index is -0.604. The molecule has 0 N–H and O–H groups in total. The van der Waals surface area contributed by atoms with Gasteiger partial charge in [-0.05, 0) is 207 Å². The molecule has 3 nitrogen and oxygen atoms in total. The van der Waals surface area contributed by atoms with Crippen molar-refractivity contribution in [2.75, 3.05) is 9.80 Å². The Bertz CT molecular complexity index is 7150. The number of thiophene rings is 1. The SMILES string of the molecule is CC1C=Cc2c(oc3ccccc23)C1c1ccc(N(c2ccc(-c3ccccc3)cc2)c2cccc3c2-c2ccccc2C32c3ccccc3-c3cc(-c4cccc5sc6c(-c7ccc(N(c8cccc(-c9ccccc9)c8)c8cccc9c8C8(C)C=CC=CC8C98c9ccccc9-c9ccccc98)cc7)cccc6c45)ccc32)cc1. The summed E-state index contributed by atoms with van der Waals surface area (Å²) >= 11 is 1.90. The fraction of sp³-hybridized carbons (Fsp3) is 0.0714. The molecule has 6 aliphatic rings. The molecule has 24 rings (SSSR count). The van der Waals surface area contributed by atoms with Crippen LogP contribution in [0.2, 0.25) is 0 Å². The van der Waals surface area contributed by atoms with Gasteiger partial charge in [0.05, 0.1) is 22.2 Å². The lowest BCUT2D eigenvalue weighted by Crippen LogP contribution is -2.38. The molecule has 5 unspecified atom stereocenters. The topological polar surface area (TPSA) is 19.6 Å². The average molecular weight is 1500 g/mol. The summed E-state index contributed by atoms with van der Waals surface area (Å²) in [6.45, 7) is 4.81. The third kappa shape index (κ3) is 9.42. The molecule has 5 atom stereocenters. The van der Waals surface area contributed by atoms with E-state index in [0.717, 1.165) is 45.2 Å². The number of rotatable bonds is 11. The van der Waals surface area contributed by atoms with Gasteiger partial charge >= 0.3 is 0 Å². The highest BCUT2D eigenvalue weighted by molar-refractivity contribution is 7.26. The maximum Gasteiger partial charge on any atom is 0.134 e. The van der Waals surface area contributed by atoms with E-state index in [1.165, 1.54) is 159 Å². The number of hydrogen-bond donors (Lipinski definition) is 0. The van der Waals surface area contributed by atoms with Crippen molar-refractivity contribution in [1.82, 2.24) is 0 Å². The van der Waals surface area contributed by atoms with Crippen molar-refractivity contribution in [3.05, 3.63) is 462 Å². The zero-order valence-electron chi connectivity index (χ0n) is 64.1. The van der Waals surface area contributed by atoms with E-state index in [1.807, 2.05) is 11.3 Å². The smallest absolute Gasteiger partial charge is 0.134 e. The fourth-order valence-electron chi connectivity index (χ4n) is 22.0. The van der Waals surface area contributed by atoms with Crippen molar-refractivity contribution < 1.29 is 4.42 Å². The van der Waals surface area contributed by atoms with Crippen LogP contribution >= 0.6 is 11.3 Å². The predicted molar refractivity (Wildman–Crippen MR) is 484 cm³/mol. The van der Waals surface area contributed by atoms with Gasteiger partial charge in [0.2, 0.25) is 0 Å². The Morgan fingerprint density at radius 3 is 1.60 bits per heavy atom. The standard InChI is InChI=1S/C112H76N2OS/c1-70-51-65-88-87-35-13-18-48-101(87)115-108(88)104(70)75-56-63-79(64-57-75)113(78-59-52-73(53-60-78)71-26-5-3-6-27-71)99-46-24-44-97-106(99)89-36-12-17-43-95(89)111(97)92-40-14-11-34-86(92)91-69-77(58-66-96(91)111)82-37-23-49-102-105(82)90-39-22-38-83(109(90)116-102)74-54-61-80(62-55-74)114(81-31-21-30-76(68-81)72-28-7-4-8-29-72)100-47-25-45-98-107(100)110(2)67-20-19-50-103(110)112(98)93-41-15-9-32-84(93)85-33-10-16-42-94(85)112/h3-70,103-104H,1-2H3. The molecule has 116 heavy (non-hydrogen) atoms. The molecule has 0 amide bonds. The van der Waals surface area contributed by atoms with Crippen molar-refractivity contribution in [3.63, 3.8) is 0 Å². The first-order chi connectivity index (χ1) is 57.3. The summed E-state index contributed by atoms with van der Waals surface area (Å²) < 4.78 is 9.31. The lowest BCUT2D eigenvalue weighted by molar-refractivity contribution is 0.372. The number of hydrogen-bond acceptors (Lipinski definition) is 4. The summed E-state index contributed by atoms with van der Waals surface area (Å²) in [5.41, 5.74) is 36.7. The van der Waals surface area contributed by atoms with Crippen molar-refractivity contribution in [2.24, 2.45) is 11.8 Å². The zero-order valence-corrected chi connectivity index (χ0v) is 64.9. The van der Waals surface area contributed by atoms with Crippen LogP contribution in [0.5, 0.6) is 0 Å². The van der Waals surface area contributed by atoms with Crippen LogP contribution < -0.4 is 9.80 Å². The van der Waals surface area contributed by atoms with Crippen LogP contribution in [-0.2, 0) is 16.2 Å². The third-order valence-corrected chi connectivity index (χ3v) is 28.0. The van der Waals surface area contributed by atoms with Gasteiger partial charge in [-0.25, -0.2) is 0 Å². The summed E-state index contributed by atoms with van der Waals surface area (Å²) in [6, 6.07) is 140. The minimum absolute atomic E-state index is 0.0687. The monoisotopic (exact) mass is 1500 g/mol. The lowest BCUT2D eigenvalue weighted by Gasteiger charge is -2.40. The molecule has 0 aliphatic heterocycles. The van der Waals surface area contributed by atoms with E-state index >= 15 is 0 Å². The molecule has 2 spiro atoms. The van der Waals surface area contributed by atoms with Gasteiger partial charge in [-0.3, -0.25) is 0 Å². The molecule has 0 fully saturated rings. The molecule has 0 saturated carbocycles. The number of benzene rings is 16. The van der Waals surface area contributed by atoms with E-state index in [4.69, 9.17) is 4.42 Å². The quantitative estimate of drug-likeness (QED) is 0.129. The van der Waals surface area contributed by atoms with Crippen LogP contribution in [0.25, 0.3) is 115 Å². The number of allylic oxidation sites excluding steroid dienone is 5. The van der Waals surface area contributed by atoms with Gasteiger partial charge in [0.25, 0.3) is 0 Å². The average Bonchev–Trinajstić information content (AvgIpc) is 1.50. The van der Waals surface area contributed by atoms with E-state index in [-0.39, 0.29) is 23.2 Å². The van der Waals surface area contributed by atoms with Crippen molar-refractivity contribution in [2.45, 2.75) is 36.0 Å². The molecule has 0 bridgehead atoms. The Kier molecular flexibility index (Phi) is 14.7. The van der Waals surface area contributed by atoms with Gasteiger partial charge < -0.3 is 14.2 Å². The first-order valence-corrected chi connectivity index (χ1v) is 41.6.